The fourth-order valence-electron chi connectivity index (χ4n) is 2.52. The number of unbranched alkanes of at least 4 members (excludes halogenated alkanes) is 1. The van der Waals surface area contributed by atoms with Crippen molar-refractivity contribution in [2.75, 3.05) is 46.1 Å². The van der Waals surface area contributed by atoms with Crippen LogP contribution in [0.15, 0.2) is 0 Å². The average molecular weight is 255 g/mol. The van der Waals surface area contributed by atoms with Gasteiger partial charge in [-0.2, -0.15) is 0 Å². The van der Waals surface area contributed by atoms with Crippen LogP contribution in [0.4, 0.5) is 0 Å². The van der Waals surface area contributed by atoms with Gasteiger partial charge in [0.15, 0.2) is 0 Å². The number of carbonyl (C=O) groups is 1. The molecule has 0 radical (unpaired) electrons. The molecule has 2 aliphatic rings. The summed E-state index contributed by atoms with van der Waals surface area (Å²) < 4.78 is 5.32. The van der Waals surface area contributed by atoms with Gasteiger partial charge in [-0.1, -0.05) is 19.8 Å². The van der Waals surface area contributed by atoms with Crippen molar-refractivity contribution in [3.05, 3.63) is 0 Å². The molecule has 0 aromatic rings. The molecule has 2 heterocycles. The summed E-state index contributed by atoms with van der Waals surface area (Å²) in [7, 11) is 0. The zero-order valence-electron chi connectivity index (χ0n) is 11.4. The number of ether oxygens (including phenoxy) is 1. The number of rotatable bonds is 6. The molecule has 2 aliphatic heterocycles. The summed E-state index contributed by atoms with van der Waals surface area (Å²) in [6.45, 7) is 8.33. The molecule has 5 heteroatoms. The average Bonchev–Trinajstić information content (AvgIpc) is 2.76. The van der Waals surface area contributed by atoms with E-state index in [0.29, 0.717) is 0 Å². The maximum absolute atomic E-state index is 12.1. The molecule has 104 valence electrons. The highest BCUT2D eigenvalue weighted by Crippen LogP contribution is 2.10. The second-order valence-electron chi connectivity index (χ2n) is 5.11. The molecule has 0 saturated carbocycles. The summed E-state index contributed by atoms with van der Waals surface area (Å²) in [5.41, 5.74) is 0. The maximum Gasteiger partial charge on any atom is 0.240 e. The molecule has 2 fully saturated rings. The quantitative estimate of drug-likeness (QED) is 0.740. The molecule has 1 atom stereocenters. The number of morpholine rings is 1. The number of amides is 1. The highest BCUT2D eigenvalue weighted by Gasteiger charge is 2.30. The highest BCUT2D eigenvalue weighted by atomic mass is 16.5. The van der Waals surface area contributed by atoms with Crippen molar-refractivity contribution in [3.8, 4) is 0 Å². The molecule has 2 rings (SSSR count). The zero-order chi connectivity index (χ0) is 12.8. The minimum absolute atomic E-state index is 0.0645. The number of carbonyl (C=O) groups excluding carboxylic acids is 1. The molecule has 1 N–H and O–H groups in total. The van der Waals surface area contributed by atoms with E-state index in [4.69, 9.17) is 4.74 Å². The van der Waals surface area contributed by atoms with E-state index in [2.05, 4.69) is 17.1 Å². The number of hydrogen-bond acceptors (Lipinski definition) is 4. The molecule has 0 spiro atoms. The van der Waals surface area contributed by atoms with Crippen LogP contribution in [0.1, 0.15) is 26.2 Å². The lowest BCUT2D eigenvalue weighted by Crippen LogP contribution is -2.42. The van der Waals surface area contributed by atoms with Crippen LogP contribution in [0.25, 0.3) is 0 Å². The van der Waals surface area contributed by atoms with Crippen molar-refractivity contribution < 1.29 is 9.53 Å². The third kappa shape index (κ3) is 3.67. The van der Waals surface area contributed by atoms with Crippen molar-refractivity contribution in [3.63, 3.8) is 0 Å². The van der Waals surface area contributed by atoms with E-state index < -0.39 is 0 Å². The van der Waals surface area contributed by atoms with E-state index in [-0.39, 0.29) is 11.9 Å². The molecular formula is C13H25N3O2. The Hall–Kier alpha value is -0.650. The van der Waals surface area contributed by atoms with Gasteiger partial charge in [0, 0.05) is 26.2 Å². The summed E-state index contributed by atoms with van der Waals surface area (Å²) in [6.07, 6.45) is 3.25. The van der Waals surface area contributed by atoms with Crippen molar-refractivity contribution >= 4 is 5.91 Å². The Morgan fingerprint density at radius 2 is 2.11 bits per heavy atom. The van der Waals surface area contributed by atoms with Crippen LogP contribution < -0.4 is 5.32 Å². The van der Waals surface area contributed by atoms with Crippen molar-refractivity contribution in [2.45, 2.75) is 32.2 Å². The van der Waals surface area contributed by atoms with Gasteiger partial charge in [-0.3, -0.25) is 15.0 Å². The summed E-state index contributed by atoms with van der Waals surface area (Å²) in [6, 6.07) is 0.0645. The third-order valence-corrected chi connectivity index (χ3v) is 3.77. The van der Waals surface area contributed by atoms with Gasteiger partial charge in [0.05, 0.1) is 25.9 Å². The first-order valence-corrected chi connectivity index (χ1v) is 7.13. The van der Waals surface area contributed by atoms with Crippen LogP contribution in [-0.4, -0.2) is 67.8 Å². The van der Waals surface area contributed by atoms with E-state index in [1.54, 1.807) is 0 Å². The van der Waals surface area contributed by atoms with Gasteiger partial charge in [-0.15, -0.1) is 0 Å². The summed E-state index contributed by atoms with van der Waals surface area (Å²) in [5.74, 6) is 0.289. The lowest BCUT2D eigenvalue weighted by molar-refractivity contribution is -0.129. The highest BCUT2D eigenvalue weighted by molar-refractivity contribution is 5.83. The minimum atomic E-state index is 0.0645. The largest absolute Gasteiger partial charge is 0.379 e. The molecule has 0 aromatic heterocycles. The normalized spacial score (nSPS) is 25.9. The second-order valence-corrected chi connectivity index (χ2v) is 5.11. The van der Waals surface area contributed by atoms with Crippen molar-refractivity contribution in [1.29, 1.82) is 0 Å². The molecular weight excluding hydrogens is 230 g/mol. The third-order valence-electron chi connectivity index (χ3n) is 3.77. The van der Waals surface area contributed by atoms with Crippen LogP contribution in [-0.2, 0) is 9.53 Å². The van der Waals surface area contributed by atoms with E-state index in [9.17, 15) is 4.79 Å². The smallest absolute Gasteiger partial charge is 0.240 e. The maximum atomic E-state index is 12.1. The topological polar surface area (TPSA) is 44.8 Å². The molecule has 18 heavy (non-hydrogen) atoms. The van der Waals surface area contributed by atoms with Crippen LogP contribution in [0.5, 0.6) is 0 Å². The Morgan fingerprint density at radius 1 is 1.33 bits per heavy atom. The van der Waals surface area contributed by atoms with E-state index in [1.807, 2.05) is 4.90 Å². The zero-order valence-corrected chi connectivity index (χ0v) is 11.4. The number of hydrogen-bond donors (Lipinski definition) is 1. The predicted octanol–water partition coefficient (Wildman–Crippen LogP) is 0.267. The van der Waals surface area contributed by atoms with Gasteiger partial charge in [0.2, 0.25) is 5.91 Å². The first-order chi connectivity index (χ1) is 8.81. The molecule has 1 amide bonds. The summed E-state index contributed by atoms with van der Waals surface area (Å²) in [4.78, 5) is 16.4. The SMILES string of the molecule is CCCCC1NCN(CCN2CCOCC2)C1=O. The molecule has 1 unspecified atom stereocenters. The molecule has 0 bridgehead atoms. The van der Waals surface area contributed by atoms with E-state index >= 15 is 0 Å². The standard InChI is InChI=1S/C13H25N3O2/c1-2-3-4-12-13(17)16(11-14-12)6-5-15-7-9-18-10-8-15/h12,14H,2-11H2,1H3. The van der Waals surface area contributed by atoms with E-state index in [1.165, 1.54) is 0 Å². The monoisotopic (exact) mass is 255 g/mol. The fraction of sp³-hybridized carbons (Fsp3) is 0.923. The minimum Gasteiger partial charge on any atom is -0.379 e. The molecule has 0 aromatic carbocycles. The van der Waals surface area contributed by atoms with Gasteiger partial charge in [0.25, 0.3) is 0 Å². The van der Waals surface area contributed by atoms with Gasteiger partial charge < -0.3 is 9.64 Å². The van der Waals surface area contributed by atoms with E-state index in [0.717, 1.165) is 65.3 Å². The summed E-state index contributed by atoms with van der Waals surface area (Å²) in [5, 5.41) is 3.31. The Morgan fingerprint density at radius 3 is 2.83 bits per heavy atom. The summed E-state index contributed by atoms with van der Waals surface area (Å²) >= 11 is 0. The molecule has 5 nitrogen and oxygen atoms in total. The molecule has 0 aliphatic carbocycles. The first kappa shape index (κ1) is 13.8. The van der Waals surface area contributed by atoms with Crippen molar-refractivity contribution in [2.24, 2.45) is 0 Å². The van der Waals surface area contributed by atoms with Gasteiger partial charge in [-0.25, -0.2) is 0 Å². The Kier molecular flexibility index (Phi) is 5.41. The van der Waals surface area contributed by atoms with Crippen LogP contribution >= 0.6 is 0 Å². The van der Waals surface area contributed by atoms with Gasteiger partial charge in [-0.05, 0) is 6.42 Å². The van der Waals surface area contributed by atoms with Gasteiger partial charge >= 0.3 is 0 Å². The van der Waals surface area contributed by atoms with Crippen LogP contribution in [0.2, 0.25) is 0 Å². The Balaban J connectivity index is 1.68. The predicted molar refractivity (Wildman–Crippen MR) is 70.3 cm³/mol. The molecule has 2 saturated heterocycles. The first-order valence-electron chi connectivity index (χ1n) is 7.13. The van der Waals surface area contributed by atoms with Crippen molar-refractivity contribution in [1.82, 2.24) is 15.1 Å². The van der Waals surface area contributed by atoms with Crippen LogP contribution in [0.3, 0.4) is 0 Å². The number of nitrogens with zero attached hydrogens (tertiary/aromatic N) is 2. The van der Waals surface area contributed by atoms with Gasteiger partial charge in [0.1, 0.15) is 0 Å². The van der Waals surface area contributed by atoms with Crippen LogP contribution in [0, 0.1) is 0 Å². The lowest BCUT2D eigenvalue weighted by Gasteiger charge is -2.28. The second kappa shape index (κ2) is 7.07. The Labute approximate surface area is 109 Å². The fourth-order valence-corrected chi connectivity index (χ4v) is 2.52. The number of nitrogens with one attached hydrogen (secondary N) is 1. The lowest BCUT2D eigenvalue weighted by atomic mass is 10.1. The Bertz CT molecular complexity index is 267.